The Hall–Kier alpha value is -2.63. The normalized spacial score (nSPS) is 15.7. The maximum atomic E-state index is 12.4. The van der Waals surface area contributed by atoms with Gasteiger partial charge >= 0.3 is 0 Å². The molecule has 1 atom stereocenters. The molecule has 1 aliphatic rings. The van der Waals surface area contributed by atoms with Gasteiger partial charge in [0.1, 0.15) is 11.7 Å². The molecular formula is C19H23N3O3. The number of benzene rings is 1. The van der Waals surface area contributed by atoms with Gasteiger partial charge in [-0.25, -0.2) is 0 Å². The highest BCUT2D eigenvalue weighted by atomic mass is 16.5. The molecule has 2 amide bonds. The van der Waals surface area contributed by atoms with Crippen LogP contribution in [0.1, 0.15) is 42.3 Å². The summed E-state index contributed by atoms with van der Waals surface area (Å²) >= 11 is 0. The summed E-state index contributed by atoms with van der Waals surface area (Å²) in [7, 11) is 0. The van der Waals surface area contributed by atoms with Gasteiger partial charge in [-0.15, -0.1) is 0 Å². The largest absolute Gasteiger partial charge is 0.350 e. The van der Waals surface area contributed by atoms with Crippen LogP contribution in [0.3, 0.4) is 0 Å². The molecule has 0 bridgehead atoms. The number of carbonyl (C=O) groups excluding carboxylic acids is 2. The minimum atomic E-state index is -0.585. The third-order valence-corrected chi connectivity index (χ3v) is 4.47. The second-order valence-corrected chi connectivity index (χ2v) is 6.52. The second kappa shape index (κ2) is 7.51. The number of aromatic nitrogens is 1. The lowest BCUT2D eigenvalue weighted by atomic mass is 10.1. The van der Waals surface area contributed by atoms with Crippen LogP contribution in [0.5, 0.6) is 0 Å². The number of piperidine rings is 1. The zero-order valence-electron chi connectivity index (χ0n) is 14.6. The van der Waals surface area contributed by atoms with Crippen molar-refractivity contribution in [2.24, 2.45) is 0 Å². The standard InChI is InChI=1S/C19H23N3O3/c1-13-6-8-15(9-7-13)16-12-17(25-21-16)18(23)20-14(2)19(24)22-10-4-3-5-11-22/h6-9,12,14H,3-5,10-11H2,1-2H3,(H,20,23)/t14-/m0/s1. The summed E-state index contributed by atoms with van der Waals surface area (Å²) in [6.07, 6.45) is 3.20. The summed E-state index contributed by atoms with van der Waals surface area (Å²) in [6.45, 7) is 5.23. The van der Waals surface area contributed by atoms with E-state index in [1.807, 2.05) is 36.1 Å². The molecular weight excluding hydrogens is 318 g/mol. The first-order valence-electron chi connectivity index (χ1n) is 8.68. The first-order valence-corrected chi connectivity index (χ1v) is 8.68. The average molecular weight is 341 g/mol. The third kappa shape index (κ3) is 4.07. The fraction of sp³-hybridized carbons (Fsp3) is 0.421. The van der Waals surface area contributed by atoms with Gasteiger partial charge in [0.25, 0.3) is 5.91 Å². The van der Waals surface area contributed by atoms with Crippen LogP contribution in [0.25, 0.3) is 11.3 Å². The molecule has 0 spiro atoms. The molecule has 132 valence electrons. The van der Waals surface area contributed by atoms with E-state index < -0.39 is 11.9 Å². The fourth-order valence-corrected chi connectivity index (χ4v) is 2.96. The Balaban J connectivity index is 1.63. The van der Waals surface area contributed by atoms with Gasteiger partial charge < -0.3 is 14.7 Å². The lowest BCUT2D eigenvalue weighted by Gasteiger charge is -2.29. The Morgan fingerprint density at radius 2 is 1.84 bits per heavy atom. The van der Waals surface area contributed by atoms with Gasteiger partial charge in [0, 0.05) is 24.7 Å². The number of hydrogen-bond donors (Lipinski definition) is 1. The summed E-state index contributed by atoms with van der Waals surface area (Å²) in [5.74, 6) is -0.371. The number of nitrogens with one attached hydrogen (secondary N) is 1. The summed E-state index contributed by atoms with van der Waals surface area (Å²) < 4.78 is 5.15. The molecule has 3 rings (SSSR count). The van der Waals surface area contributed by atoms with Crippen LogP contribution in [-0.4, -0.2) is 41.0 Å². The minimum absolute atomic E-state index is 0.0497. The smallest absolute Gasteiger partial charge is 0.290 e. The monoisotopic (exact) mass is 341 g/mol. The van der Waals surface area contributed by atoms with Gasteiger partial charge in [0.15, 0.2) is 0 Å². The minimum Gasteiger partial charge on any atom is -0.350 e. The van der Waals surface area contributed by atoms with Gasteiger partial charge in [-0.2, -0.15) is 0 Å². The van der Waals surface area contributed by atoms with Crippen molar-refractivity contribution in [1.82, 2.24) is 15.4 Å². The summed E-state index contributed by atoms with van der Waals surface area (Å²) in [6, 6.07) is 8.82. The number of amides is 2. The number of likely N-dealkylation sites (tertiary alicyclic amines) is 1. The molecule has 2 heterocycles. The molecule has 1 aliphatic heterocycles. The molecule has 0 aliphatic carbocycles. The maximum Gasteiger partial charge on any atom is 0.290 e. The van der Waals surface area contributed by atoms with Crippen molar-refractivity contribution >= 4 is 11.8 Å². The van der Waals surface area contributed by atoms with E-state index >= 15 is 0 Å². The van der Waals surface area contributed by atoms with Gasteiger partial charge in [-0.1, -0.05) is 35.0 Å². The number of hydrogen-bond acceptors (Lipinski definition) is 4. The zero-order chi connectivity index (χ0) is 17.8. The second-order valence-electron chi connectivity index (χ2n) is 6.52. The van der Waals surface area contributed by atoms with E-state index in [-0.39, 0.29) is 11.7 Å². The molecule has 0 saturated carbocycles. The Kier molecular flexibility index (Phi) is 5.16. The van der Waals surface area contributed by atoms with E-state index in [9.17, 15) is 9.59 Å². The molecule has 1 aromatic heterocycles. The van der Waals surface area contributed by atoms with Crippen molar-refractivity contribution in [2.75, 3.05) is 13.1 Å². The highest BCUT2D eigenvalue weighted by Gasteiger charge is 2.25. The predicted molar refractivity (Wildman–Crippen MR) is 94.0 cm³/mol. The van der Waals surface area contributed by atoms with Crippen molar-refractivity contribution in [1.29, 1.82) is 0 Å². The molecule has 1 fully saturated rings. The summed E-state index contributed by atoms with van der Waals surface area (Å²) in [4.78, 5) is 26.5. The lowest BCUT2D eigenvalue weighted by molar-refractivity contribution is -0.133. The quantitative estimate of drug-likeness (QED) is 0.928. The number of aryl methyl sites for hydroxylation is 1. The van der Waals surface area contributed by atoms with Crippen molar-refractivity contribution in [2.45, 2.75) is 39.2 Å². The Bertz CT molecular complexity index is 746. The Labute approximate surface area is 147 Å². The van der Waals surface area contributed by atoms with E-state index in [1.54, 1.807) is 13.0 Å². The molecule has 0 unspecified atom stereocenters. The maximum absolute atomic E-state index is 12.4. The van der Waals surface area contributed by atoms with E-state index in [2.05, 4.69) is 10.5 Å². The Morgan fingerprint density at radius 3 is 2.52 bits per heavy atom. The number of carbonyl (C=O) groups is 2. The molecule has 6 heteroatoms. The zero-order valence-corrected chi connectivity index (χ0v) is 14.6. The number of nitrogens with zero attached hydrogens (tertiary/aromatic N) is 2. The van der Waals surface area contributed by atoms with E-state index in [1.165, 1.54) is 0 Å². The summed E-state index contributed by atoms with van der Waals surface area (Å²) in [5.41, 5.74) is 2.63. The van der Waals surface area contributed by atoms with Gasteiger partial charge in [-0.05, 0) is 33.1 Å². The highest BCUT2D eigenvalue weighted by molar-refractivity contribution is 5.96. The highest BCUT2D eigenvalue weighted by Crippen LogP contribution is 2.19. The van der Waals surface area contributed by atoms with Crippen LogP contribution in [0, 0.1) is 6.92 Å². The molecule has 1 N–H and O–H groups in total. The summed E-state index contributed by atoms with van der Waals surface area (Å²) in [5, 5.41) is 6.65. The van der Waals surface area contributed by atoms with Crippen LogP contribution in [0.15, 0.2) is 34.9 Å². The number of rotatable bonds is 4. The topological polar surface area (TPSA) is 75.4 Å². The first kappa shape index (κ1) is 17.2. The van der Waals surface area contributed by atoms with Crippen molar-refractivity contribution in [3.05, 3.63) is 41.7 Å². The fourth-order valence-electron chi connectivity index (χ4n) is 2.96. The van der Waals surface area contributed by atoms with Crippen molar-refractivity contribution < 1.29 is 14.1 Å². The van der Waals surface area contributed by atoms with Crippen molar-refractivity contribution in [3.8, 4) is 11.3 Å². The average Bonchev–Trinajstić information content (AvgIpc) is 3.12. The van der Waals surface area contributed by atoms with E-state index in [0.717, 1.165) is 43.5 Å². The van der Waals surface area contributed by atoms with Gasteiger partial charge in [0.05, 0.1) is 0 Å². The predicted octanol–water partition coefficient (Wildman–Crippen LogP) is 2.78. The van der Waals surface area contributed by atoms with Gasteiger partial charge in [-0.3, -0.25) is 9.59 Å². The van der Waals surface area contributed by atoms with E-state index in [4.69, 9.17) is 4.52 Å². The third-order valence-electron chi connectivity index (χ3n) is 4.47. The molecule has 2 aromatic rings. The first-order chi connectivity index (χ1) is 12.0. The van der Waals surface area contributed by atoms with Crippen LogP contribution in [-0.2, 0) is 4.79 Å². The molecule has 1 aromatic carbocycles. The van der Waals surface area contributed by atoms with Gasteiger partial charge in [0.2, 0.25) is 11.7 Å². The van der Waals surface area contributed by atoms with Crippen LogP contribution in [0.4, 0.5) is 0 Å². The van der Waals surface area contributed by atoms with Crippen molar-refractivity contribution in [3.63, 3.8) is 0 Å². The Morgan fingerprint density at radius 1 is 1.16 bits per heavy atom. The van der Waals surface area contributed by atoms with Crippen LogP contribution in [0.2, 0.25) is 0 Å². The molecule has 25 heavy (non-hydrogen) atoms. The lowest BCUT2D eigenvalue weighted by Crippen LogP contribution is -2.48. The molecule has 6 nitrogen and oxygen atoms in total. The van der Waals surface area contributed by atoms with Crippen LogP contribution >= 0.6 is 0 Å². The van der Waals surface area contributed by atoms with E-state index in [0.29, 0.717) is 5.69 Å². The molecule has 1 saturated heterocycles. The SMILES string of the molecule is Cc1ccc(-c2cc(C(=O)N[C@@H](C)C(=O)N3CCCCC3)on2)cc1. The van der Waals surface area contributed by atoms with Crippen LogP contribution < -0.4 is 5.32 Å². The molecule has 0 radical (unpaired) electrons.